The molecule has 9 heavy (non-hydrogen) atoms. The van der Waals surface area contributed by atoms with Crippen LogP contribution in [0.3, 0.4) is 0 Å². The minimum atomic E-state index is -0.0139. The second-order valence-electron chi connectivity index (χ2n) is 1.46. The van der Waals surface area contributed by atoms with Gasteiger partial charge in [0, 0.05) is 0 Å². The maximum absolute atomic E-state index is 5.02. The second kappa shape index (κ2) is 7.28. The summed E-state index contributed by atoms with van der Waals surface area (Å²) in [5.74, 6) is 0. The van der Waals surface area contributed by atoms with Crippen LogP contribution < -0.4 is 17.0 Å². The van der Waals surface area contributed by atoms with Gasteiger partial charge in [0.15, 0.2) is 0 Å². The van der Waals surface area contributed by atoms with Crippen molar-refractivity contribution >= 4 is 23.1 Å². The Labute approximate surface area is 82.2 Å². The molecular weight excluding hydrogens is 196 g/mol. The summed E-state index contributed by atoms with van der Waals surface area (Å²) in [4.78, 5) is 0. The van der Waals surface area contributed by atoms with E-state index in [0.717, 1.165) is 19.6 Å². The second-order valence-corrected chi connectivity index (χ2v) is 1.46. The van der Waals surface area contributed by atoms with Gasteiger partial charge in [-0.1, -0.05) is 0 Å². The summed E-state index contributed by atoms with van der Waals surface area (Å²) in [5.41, 5.74) is 0. The van der Waals surface area contributed by atoms with E-state index in [2.05, 4.69) is 6.92 Å². The molecule has 0 amide bonds. The fourth-order valence-corrected chi connectivity index (χ4v) is 0.574. The quantitative estimate of drug-likeness (QED) is 0.340. The molecule has 2 nitrogen and oxygen atoms in total. The molecule has 1 fully saturated rings. The molecule has 1 aliphatic heterocycles. The van der Waals surface area contributed by atoms with Gasteiger partial charge in [-0.3, -0.25) is 0 Å². The van der Waals surface area contributed by atoms with E-state index in [1.165, 1.54) is 0 Å². The van der Waals surface area contributed by atoms with E-state index < -0.39 is 0 Å². The Kier molecular flexibility index (Phi) is 10.4. The fourth-order valence-electron chi connectivity index (χ4n) is 0.574. The van der Waals surface area contributed by atoms with Crippen molar-refractivity contribution in [3.8, 4) is 0 Å². The molecule has 0 aliphatic carbocycles. The summed E-state index contributed by atoms with van der Waals surface area (Å²) < 4.78 is 10.0. The van der Waals surface area contributed by atoms with Crippen molar-refractivity contribution in [1.82, 2.24) is 0 Å². The molecule has 0 aromatic heterocycles. The predicted octanol–water partition coefficient (Wildman–Crippen LogP) is -2.79. The van der Waals surface area contributed by atoms with Crippen LogP contribution in [0.1, 0.15) is 6.42 Å². The zero-order valence-corrected chi connectivity index (χ0v) is 8.31. The van der Waals surface area contributed by atoms with Gasteiger partial charge >= 0.3 is 23.1 Å². The molecule has 1 heterocycles. The van der Waals surface area contributed by atoms with Gasteiger partial charge in [0.25, 0.3) is 0 Å². The summed E-state index contributed by atoms with van der Waals surface area (Å²) >= 11 is 0. The molecule has 0 spiro atoms. The van der Waals surface area contributed by atoms with Crippen LogP contribution in [0.15, 0.2) is 0 Å². The molecule has 4 heteroatoms. The van der Waals surface area contributed by atoms with Crippen molar-refractivity contribution in [1.29, 1.82) is 0 Å². The SMILES string of the molecule is [Br-].[CH2-]CC1OCCO1.[Mg+2]. The Morgan fingerprint density at radius 1 is 1.33 bits per heavy atom. The molecule has 0 aromatic rings. The molecule has 0 atom stereocenters. The third-order valence-electron chi connectivity index (χ3n) is 0.927. The first-order valence-electron chi connectivity index (χ1n) is 2.46. The van der Waals surface area contributed by atoms with Gasteiger partial charge in [0.05, 0.1) is 13.2 Å². The van der Waals surface area contributed by atoms with E-state index in [4.69, 9.17) is 9.47 Å². The monoisotopic (exact) mass is 204 g/mol. The first-order chi connectivity index (χ1) is 3.43. The molecule has 1 saturated heterocycles. The van der Waals surface area contributed by atoms with Crippen molar-refractivity contribution in [2.45, 2.75) is 12.7 Å². The smallest absolute Gasteiger partial charge is 1.00 e. The standard InChI is InChI=1S/C5H9O2.BrH.Mg/c1-2-5-6-3-4-7-5;;/h5H,1-4H2;1H;/q-1;;+2/p-1. The van der Waals surface area contributed by atoms with E-state index in [0.29, 0.717) is 0 Å². The van der Waals surface area contributed by atoms with Crippen molar-refractivity contribution in [3.05, 3.63) is 6.92 Å². The summed E-state index contributed by atoms with van der Waals surface area (Å²) in [6.07, 6.45) is 0.708. The van der Waals surface area contributed by atoms with Crippen molar-refractivity contribution in [2.75, 3.05) is 13.2 Å². The molecular formula is C5H9BrMgO2. The van der Waals surface area contributed by atoms with Gasteiger partial charge in [-0.15, -0.1) is 6.42 Å². The Hall–Kier alpha value is 1.17. The van der Waals surface area contributed by atoms with Crippen LogP contribution in [0.2, 0.25) is 0 Å². The topological polar surface area (TPSA) is 18.5 Å². The first-order valence-corrected chi connectivity index (χ1v) is 2.46. The number of hydrogen-bond donors (Lipinski definition) is 0. The van der Waals surface area contributed by atoms with Gasteiger partial charge < -0.3 is 33.4 Å². The van der Waals surface area contributed by atoms with Gasteiger partial charge in [-0.2, -0.15) is 0 Å². The fraction of sp³-hybridized carbons (Fsp3) is 0.800. The summed E-state index contributed by atoms with van der Waals surface area (Å²) in [6, 6.07) is 0. The van der Waals surface area contributed by atoms with E-state index in [1.807, 2.05) is 0 Å². The summed E-state index contributed by atoms with van der Waals surface area (Å²) in [5, 5.41) is 0. The average molecular weight is 205 g/mol. The molecule has 0 N–H and O–H groups in total. The Bertz CT molecular complexity index is 56.9. The van der Waals surface area contributed by atoms with Crippen LogP contribution in [0, 0.1) is 6.92 Å². The molecule has 0 saturated carbocycles. The average Bonchev–Trinajstić information content (AvgIpc) is 2.14. The largest absolute Gasteiger partial charge is 2.00 e. The van der Waals surface area contributed by atoms with Gasteiger partial charge in [0.1, 0.15) is 6.29 Å². The van der Waals surface area contributed by atoms with Crippen LogP contribution in [0.4, 0.5) is 0 Å². The minimum absolute atomic E-state index is 0. The number of rotatable bonds is 1. The molecule has 1 rings (SSSR count). The van der Waals surface area contributed by atoms with E-state index in [1.54, 1.807) is 0 Å². The molecule has 0 radical (unpaired) electrons. The van der Waals surface area contributed by atoms with Gasteiger partial charge in [-0.05, 0) is 0 Å². The molecule has 1 aliphatic rings. The number of ether oxygens (including phenoxy) is 2. The number of hydrogen-bond acceptors (Lipinski definition) is 2. The number of halogens is 1. The zero-order valence-electron chi connectivity index (χ0n) is 5.31. The minimum Gasteiger partial charge on any atom is -1.00 e. The summed E-state index contributed by atoms with van der Waals surface area (Å²) in [6.45, 7) is 5.09. The Balaban J connectivity index is 0. The predicted molar refractivity (Wildman–Crippen MR) is 31.4 cm³/mol. The first kappa shape index (κ1) is 12.8. The van der Waals surface area contributed by atoms with Crippen LogP contribution >= 0.6 is 0 Å². The third-order valence-corrected chi connectivity index (χ3v) is 0.927. The van der Waals surface area contributed by atoms with Crippen LogP contribution in [0.25, 0.3) is 0 Å². The Morgan fingerprint density at radius 3 is 2.00 bits per heavy atom. The van der Waals surface area contributed by atoms with Crippen molar-refractivity contribution in [2.24, 2.45) is 0 Å². The van der Waals surface area contributed by atoms with E-state index in [9.17, 15) is 0 Å². The van der Waals surface area contributed by atoms with E-state index >= 15 is 0 Å². The van der Waals surface area contributed by atoms with Crippen molar-refractivity contribution in [3.63, 3.8) is 0 Å². The summed E-state index contributed by atoms with van der Waals surface area (Å²) in [7, 11) is 0. The van der Waals surface area contributed by atoms with Crippen LogP contribution in [-0.4, -0.2) is 42.6 Å². The Morgan fingerprint density at radius 2 is 1.78 bits per heavy atom. The molecule has 0 unspecified atom stereocenters. The van der Waals surface area contributed by atoms with E-state index in [-0.39, 0.29) is 46.3 Å². The van der Waals surface area contributed by atoms with Crippen molar-refractivity contribution < 1.29 is 26.5 Å². The maximum Gasteiger partial charge on any atom is 2.00 e. The molecule has 50 valence electrons. The zero-order chi connectivity index (χ0) is 5.11. The van der Waals surface area contributed by atoms with Crippen LogP contribution in [0.5, 0.6) is 0 Å². The van der Waals surface area contributed by atoms with Gasteiger partial charge in [0.2, 0.25) is 0 Å². The molecule has 0 bridgehead atoms. The normalized spacial score (nSPS) is 18.3. The van der Waals surface area contributed by atoms with Gasteiger partial charge in [-0.25, -0.2) is 0 Å². The maximum atomic E-state index is 5.02. The van der Waals surface area contributed by atoms with Crippen LogP contribution in [-0.2, 0) is 9.47 Å². The third kappa shape index (κ3) is 4.55. The molecule has 0 aromatic carbocycles.